The maximum atomic E-state index is 14.8. The van der Waals surface area contributed by atoms with E-state index in [2.05, 4.69) is 5.10 Å². The van der Waals surface area contributed by atoms with Gasteiger partial charge in [-0.25, -0.2) is 23.1 Å². The van der Waals surface area contributed by atoms with Gasteiger partial charge in [-0.2, -0.15) is 5.10 Å². The summed E-state index contributed by atoms with van der Waals surface area (Å²) in [7, 11) is 2.27. The molecule has 33 heavy (non-hydrogen) atoms. The predicted octanol–water partition coefficient (Wildman–Crippen LogP) is 4.96. The third kappa shape index (κ3) is 5.02. The minimum absolute atomic E-state index is 0.0638. The molecule has 0 aliphatic carbocycles. The second kappa shape index (κ2) is 10.7. The molecule has 0 unspecified atom stereocenters. The molecule has 0 aliphatic rings. The first-order valence-electron chi connectivity index (χ1n) is 10.4. The van der Waals surface area contributed by atoms with Crippen LogP contribution in [0.3, 0.4) is 0 Å². The number of hydrogen-bond donors (Lipinski definition) is 0. The zero-order valence-corrected chi connectivity index (χ0v) is 18.6. The Hall–Kier alpha value is -3.75. The van der Waals surface area contributed by atoms with Crippen LogP contribution in [0.2, 0.25) is 0 Å². The van der Waals surface area contributed by atoms with E-state index in [0.29, 0.717) is 12.1 Å². The van der Waals surface area contributed by atoms with Gasteiger partial charge in [0.05, 0.1) is 26.5 Å². The first-order valence-corrected chi connectivity index (χ1v) is 10.4. The van der Waals surface area contributed by atoms with Gasteiger partial charge < -0.3 is 14.2 Å². The highest BCUT2D eigenvalue weighted by atomic mass is 19.1. The number of aromatic nitrogens is 2. The van der Waals surface area contributed by atoms with E-state index in [1.54, 1.807) is 30.3 Å². The zero-order chi connectivity index (χ0) is 24.0. The number of hydrogen-bond acceptors (Lipinski definition) is 6. The van der Waals surface area contributed by atoms with Crippen molar-refractivity contribution >= 4 is 11.9 Å². The number of unbranched alkanes of at least 4 members (excludes halogenated alkanes) is 2. The number of para-hydroxylation sites is 1. The summed E-state index contributed by atoms with van der Waals surface area (Å²) in [5.74, 6) is -4.19. The van der Waals surface area contributed by atoms with Crippen LogP contribution < -0.4 is 4.74 Å². The van der Waals surface area contributed by atoms with Gasteiger partial charge in [0.25, 0.3) is 0 Å². The number of nitrogens with zero attached hydrogens (tertiary/aromatic N) is 2. The number of rotatable bonds is 9. The van der Waals surface area contributed by atoms with E-state index in [1.807, 2.05) is 6.92 Å². The Labute approximate surface area is 189 Å². The van der Waals surface area contributed by atoms with Crippen molar-refractivity contribution in [2.45, 2.75) is 26.2 Å². The second-order valence-electron chi connectivity index (χ2n) is 7.13. The standard InChI is InChI=1S/C24H24F2N2O5/c1-4-5-9-12-33-22-17(25)13-15(14-18(22)26)20-19(23(29)31-2)21(24(30)32-3)28(27-20)16-10-7-6-8-11-16/h6-8,10-11,13-14H,4-5,9,12H2,1-3H3. The molecular formula is C24H24F2N2O5. The summed E-state index contributed by atoms with van der Waals surface area (Å²) in [5, 5.41) is 4.33. The Morgan fingerprint density at radius 2 is 1.61 bits per heavy atom. The van der Waals surface area contributed by atoms with Crippen LogP contribution in [0.25, 0.3) is 16.9 Å². The van der Waals surface area contributed by atoms with Gasteiger partial charge in [0, 0.05) is 5.56 Å². The summed E-state index contributed by atoms with van der Waals surface area (Å²) in [5.41, 5.74) is -0.270. The van der Waals surface area contributed by atoms with Crippen molar-refractivity contribution in [1.29, 1.82) is 0 Å². The summed E-state index contributed by atoms with van der Waals surface area (Å²) in [6.07, 6.45) is 2.47. The van der Waals surface area contributed by atoms with Gasteiger partial charge in [-0.05, 0) is 30.7 Å². The molecule has 2 aromatic carbocycles. The molecule has 0 radical (unpaired) electrons. The smallest absolute Gasteiger partial charge is 0.357 e. The number of benzene rings is 2. The van der Waals surface area contributed by atoms with Crippen molar-refractivity contribution in [3.63, 3.8) is 0 Å². The molecule has 0 amide bonds. The van der Waals surface area contributed by atoms with Crippen molar-refractivity contribution < 1.29 is 32.6 Å². The number of carbonyl (C=O) groups excluding carboxylic acids is 2. The lowest BCUT2D eigenvalue weighted by molar-refractivity contribution is 0.0549. The first-order chi connectivity index (χ1) is 15.9. The van der Waals surface area contributed by atoms with E-state index < -0.39 is 29.3 Å². The molecule has 0 bridgehead atoms. The van der Waals surface area contributed by atoms with Crippen molar-refractivity contribution in [3.8, 4) is 22.7 Å². The fourth-order valence-electron chi connectivity index (χ4n) is 3.32. The maximum absolute atomic E-state index is 14.8. The van der Waals surface area contributed by atoms with Crippen molar-refractivity contribution in [2.75, 3.05) is 20.8 Å². The predicted molar refractivity (Wildman–Crippen MR) is 117 cm³/mol. The van der Waals surface area contributed by atoms with Crippen LogP contribution in [0.5, 0.6) is 5.75 Å². The van der Waals surface area contributed by atoms with Crippen LogP contribution in [0.4, 0.5) is 8.78 Å². The van der Waals surface area contributed by atoms with Gasteiger partial charge in [0.2, 0.25) is 0 Å². The third-order valence-corrected chi connectivity index (χ3v) is 4.92. The lowest BCUT2D eigenvalue weighted by Crippen LogP contribution is -2.15. The highest BCUT2D eigenvalue weighted by Crippen LogP contribution is 2.33. The van der Waals surface area contributed by atoms with Crippen molar-refractivity contribution in [1.82, 2.24) is 9.78 Å². The van der Waals surface area contributed by atoms with E-state index in [1.165, 1.54) is 4.68 Å². The highest BCUT2D eigenvalue weighted by Gasteiger charge is 2.32. The van der Waals surface area contributed by atoms with Gasteiger partial charge in [-0.15, -0.1) is 0 Å². The quantitative estimate of drug-likeness (QED) is 0.333. The lowest BCUT2D eigenvalue weighted by Gasteiger charge is -2.10. The fourth-order valence-corrected chi connectivity index (χ4v) is 3.32. The minimum Gasteiger partial charge on any atom is -0.488 e. The summed E-state index contributed by atoms with van der Waals surface area (Å²) in [6, 6.07) is 10.5. The Kier molecular flexibility index (Phi) is 7.76. The monoisotopic (exact) mass is 458 g/mol. The molecule has 1 aromatic heterocycles. The normalized spacial score (nSPS) is 10.7. The summed E-state index contributed by atoms with van der Waals surface area (Å²) < 4.78 is 45.7. The molecule has 9 heteroatoms. The van der Waals surface area contributed by atoms with Crippen LogP contribution in [-0.4, -0.2) is 42.5 Å². The summed E-state index contributed by atoms with van der Waals surface area (Å²) >= 11 is 0. The molecule has 174 valence electrons. The largest absolute Gasteiger partial charge is 0.488 e. The van der Waals surface area contributed by atoms with Gasteiger partial charge in [-0.1, -0.05) is 38.0 Å². The van der Waals surface area contributed by atoms with Crippen LogP contribution in [0, 0.1) is 11.6 Å². The van der Waals surface area contributed by atoms with Gasteiger partial charge in [0.1, 0.15) is 11.3 Å². The Morgan fingerprint density at radius 3 is 2.18 bits per heavy atom. The van der Waals surface area contributed by atoms with Crippen LogP contribution in [0.15, 0.2) is 42.5 Å². The molecule has 7 nitrogen and oxygen atoms in total. The Bertz CT molecular complexity index is 1120. The van der Waals surface area contributed by atoms with Gasteiger partial charge >= 0.3 is 11.9 Å². The molecular weight excluding hydrogens is 434 g/mol. The lowest BCUT2D eigenvalue weighted by atomic mass is 10.0. The zero-order valence-electron chi connectivity index (χ0n) is 18.6. The average molecular weight is 458 g/mol. The minimum atomic E-state index is -0.953. The third-order valence-electron chi connectivity index (χ3n) is 4.92. The molecule has 0 fully saturated rings. The molecule has 3 aromatic rings. The molecule has 3 rings (SSSR count). The number of ether oxygens (including phenoxy) is 3. The first kappa shape index (κ1) is 23.9. The van der Waals surface area contributed by atoms with Crippen LogP contribution in [0.1, 0.15) is 47.0 Å². The van der Waals surface area contributed by atoms with E-state index in [0.717, 1.165) is 39.2 Å². The van der Waals surface area contributed by atoms with Gasteiger partial charge in [-0.3, -0.25) is 0 Å². The van der Waals surface area contributed by atoms with Gasteiger partial charge in [0.15, 0.2) is 23.1 Å². The number of esters is 2. The van der Waals surface area contributed by atoms with Crippen molar-refractivity contribution in [3.05, 3.63) is 65.4 Å². The summed E-state index contributed by atoms with van der Waals surface area (Å²) in [4.78, 5) is 25.2. The number of carbonyl (C=O) groups is 2. The van der Waals surface area contributed by atoms with Crippen molar-refractivity contribution in [2.24, 2.45) is 0 Å². The Balaban J connectivity index is 2.17. The molecule has 0 spiro atoms. The number of halogens is 2. The van der Waals surface area contributed by atoms with E-state index >= 15 is 0 Å². The van der Waals surface area contributed by atoms with E-state index in [-0.39, 0.29) is 29.1 Å². The maximum Gasteiger partial charge on any atom is 0.357 e. The van der Waals surface area contributed by atoms with Crippen LogP contribution >= 0.6 is 0 Å². The fraction of sp³-hybridized carbons (Fsp3) is 0.292. The molecule has 0 aliphatic heterocycles. The molecule has 0 atom stereocenters. The summed E-state index contributed by atoms with van der Waals surface area (Å²) in [6.45, 7) is 2.18. The molecule has 1 heterocycles. The SMILES string of the molecule is CCCCCOc1c(F)cc(-c2nn(-c3ccccc3)c(C(=O)OC)c2C(=O)OC)cc1F. The topological polar surface area (TPSA) is 79.7 Å². The number of methoxy groups -OCH3 is 2. The van der Waals surface area contributed by atoms with E-state index in [9.17, 15) is 18.4 Å². The second-order valence-corrected chi connectivity index (χ2v) is 7.13. The van der Waals surface area contributed by atoms with Crippen LogP contribution in [-0.2, 0) is 9.47 Å². The molecule has 0 saturated carbocycles. The molecule has 0 N–H and O–H groups in total. The van der Waals surface area contributed by atoms with E-state index in [4.69, 9.17) is 14.2 Å². The Morgan fingerprint density at radius 1 is 0.970 bits per heavy atom. The molecule has 0 saturated heterocycles. The average Bonchev–Trinajstić information content (AvgIpc) is 3.23. The highest BCUT2D eigenvalue weighted by molar-refractivity contribution is 6.06.